The first kappa shape index (κ1) is 14.4. The fourth-order valence-electron chi connectivity index (χ4n) is 2.43. The summed E-state index contributed by atoms with van der Waals surface area (Å²) >= 11 is 1.73. The van der Waals surface area contributed by atoms with E-state index in [1.807, 2.05) is 18.5 Å². The van der Waals surface area contributed by atoms with E-state index in [4.69, 9.17) is 0 Å². The van der Waals surface area contributed by atoms with Crippen LogP contribution in [0.25, 0.3) is 0 Å². The summed E-state index contributed by atoms with van der Waals surface area (Å²) in [5.41, 5.74) is 1.28. The fourth-order valence-corrected chi connectivity index (χ4v) is 3.33. The number of nitrogens with zero attached hydrogens (tertiary/aromatic N) is 5. The molecule has 0 bridgehead atoms. The summed E-state index contributed by atoms with van der Waals surface area (Å²) in [6.07, 6.45) is 3.77. The smallest absolute Gasteiger partial charge is 0.208 e. The quantitative estimate of drug-likeness (QED) is 0.868. The number of piperazine rings is 1. The summed E-state index contributed by atoms with van der Waals surface area (Å²) < 4.78 is 0. The topological polar surface area (TPSA) is 45.2 Å². The van der Waals surface area contributed by atoms with E-state index in [1.54, 1.807) is 11.3 Å². The summed E-state index contributed by atoms with van der Waals surface area (Å²) in [4.78, 5) is 9.00. The van der Waals surface area contributed by atoms with Gasteiger partial charge in [-0.15, -0.1) is 10.2 Å². The normalized spacial score (nSPS) is 16.6. The molecule has 0 amide bonds. The van der Waals surface area contributed by atoms with Gasteiger partial charge in [-0.1, -0.05) is 31.3 Å². The van der Waals surface area contributed by atoms with E-state index in [1.165, 1.54) is 5.56 Å². The molecule has 3 heterocycles. The highest BCUT2D eigenvalue weighted by Gasteiger charge is 2.20. The Hall–Kier alpha value is -1.53. The first-order valence-corrected chi connectivity index (χ1v) is 8.23. The SMILES string of the molecule is CC(C)c1nnc(N2CCN(Cc3cccnc3)CC2)s1. The van der Waals surface area contributed by atoms with Crippen molar-refractivity contribution in [1.82, 2.24) is 20.1 Å². The molecule has 0 saturated carbocycles. The third-order valence-electron chi connectivity index (χ3n) is 3.70. The Morgan fingerprint density at radius 3 is 2.62 bits per heavy atom. The second-order valence-electron chi connectivity index (χ2n) is 5.70. The average molecular weight is 303 g/mol. The van der Waals surface area contributed by atoms with Crippen molar-refractivity contribution in [2.24, 2.45) is 0 Å². The number of aromatic nitrogens is 3. The van der Waals surface area contributed by atoms with E-state index in [0.29, 0.717) is 5.92 Å². The predicted octanol–water partition coefficient (Wildman–Crippen LogP) is 2.38. The Morgan fingerprint density at radius 2 is 2.00 bits per heavy atom. The zero-order chi connectivity index (χ0) is 14.7. The summed E-state index contributed by atoms with van der Waals surface area (Å²) in [5.74, 6) is 0.461. The van der Waals surface area contributed by atoms with E-state index in [-0.39, 0.29) is 0 Å². The molecule has 0 aromatic carbocycles. The second-order valence-corrected chi connectivity index (χ2v) is 6.69. The second kappa shape index (κ2) is 6.49. The Balaban J connectivity index is 1.55. The summed E-state index contributed by atoms with van der Waals surface area (Å²) in [5, 5.41) is 10.8. The van der Waals surface area contributed by atoms with Gasteiger partial charge in [0, 0.05) is 51.0 Å². The fraction of sp³-hybridized carbons (Fsp3) is 0.533. The van der Waals surface area contributed by atoms with Crippen LogP contribution in [0.2, 0.25) is 0 Å². The molecule has 3 rings (SSSR count). The van der Waals surface area contributed by atoms with E-state index >= 15 is 0 Å². The molecule has 2 aromatic rings. The van der Waals surface area contributed by atoms with Crippen molar-refractivity contribution in [3.05, 3.63) is 35.1 Å². The van der Waals surface area contributed by atoms with Gasteiger partial charge in [0.25, 0.3) is 0 Å². The minimum Gasteiger partial charge on any atom is -0.344 e. The summed E-state index contributed by atoms with van der Waals surface area (Å²) in [7, 11) is 0. The Morgan fingerprint density at radius 1 is 1.19 bits per heavy atom. The zero-order valence-corrected chi connectivity index (χ0v) is 13.4. The Kier molecular flexibility index (Phi) is 4.45. The molecule has 5 nitrogen and oxygen atoms in total. The van der Waals surface area contributed by atoms with Crippen molar-refractivity contribution in [2.45, 2.75) is 26.3 Å². The molecule has 0 radical (unpaired) electrons. The molecule has 21 heavy (non-hydrogen) atoms. The van der Waals surface area contributed by atoms with Crippen LogP contribution in [-0.4, -0.2) is 46.3 Å². The highest BCUT2D eigenvalue weighted by molar-refractivity contribution is 7.15. The molecule has 6 heteroatoms. The number of hydrogen-bond acceptors (Lipinski definition) is 6. The van der Waals surface area contributed by atoms with Crippen LogP contribution in [0.3, 0.4) is 0 Å². The van der Waals surface area contributed by atoms with E-state index in [0.717, 1.165) is 42.9 Å². The predicted molar refractivity (Wildman–Crippen MR) is 85.7 cm³/mol. The molecule has 0 spiro atoms. The van der Waals surface area contributed by atoms with Gasteiger partial charge in [0.05, 0.1) is 0 Å². The maximum Gasteiger partial charge on any atom is 0.208 e. The van der Waals surface area contributed by atoms with Crippen molar-refractivity contribution in [1.29, 1.82) is 0 Å². The molecule has 112 valence electrons. The minimum absolute atomic E-state index is 0.461. The molecular formula is C15H21N5S. The average Bonchev–Trinajstić information content (AvgIpc) is 2.99. The van der Waals surface area contributed by atoms with Gasteiger partial charge in [0.2, 0.25) is 5.13 Å². The van der Waals surface area contributed by atoms with Gasteiger partial charge >= 0.3 is 0 Å². The van der Waals surface area contributed by atoms with Gasteiger partial charge in [-0.05, 0) is 11.6 Å². The summed E-state index contributed by atoms with van der Waals surface area (Å²) in [6, 6.07) is 4.14. The largest absolute Gasteiger partial charge is 0.344 e. The van der Waals surface area contributed by atoms with E-state index in [9.17, 15) is 0 Å². The number of anilines is 1. The van der Waals surface area contributed by atoms with Crippen LogP contribution in [0.5, 0.6) is 0 Å². The molecule has 1 aliphatic heterocycles. The molecular weight excluding hydrogens is 282 g/mol. The zero-order valence-electron chi connectivity index (χ0n) is 12.6. The summed E-state index contributed by atoms with van der Waals surface area (Å²) in [6.45, 7) is 9.47. The van der Waals surface area contributed by atoms with Gasteiger partial charge in [0.15, 0.2) is 0 Å². The maximum absolute atomic E-state index is 4.34. The van der Waals surface area contributed by atoms with Crippen molar-refractivity contribution in [2.75, 3.05) is 31.1 Å². The van der Waals surface area contributed by atoms with Gasteiger partial charge in [-0.25, -0.2) is 0 Å². The Bertz CT molecular complexity index is 560. The minimum atomic E-state index is 0.461. The van der Waals surface area contributed by atoms with Gasteiger partial charge in [0.1, 0.15) is 5.01 Å². The Labute approximate surface area is 129 Å². The molecule has 0 N–H and O–H groups in total. The number of pyridine rings is 1. The van der Waals surface area contributed by atoms with Crippen molar-refractivity contribution in [3.8, 4) is 0 Å². The highest BCUT2D eigenvalue weighted by Crippen LogP contribution is 2.26. The number of rotatable bonds is 4. The monoisotopic (exact) mass is 303 g/mol. The molecule has 0 aliphatic carbocycles. The highest BCUT2D eigenvalue weighted by atomic mass is 32.1. The molecule has 2 aromatic heterocycles. The lowest BCUT2D eigenvalue weighted by Gasteiger charge is -2.34. The molecule has 0 atom stereocenters. The molecule has 1 fully saturated rings. The lowest BCUT2D eigenvalue weighted by molar-refractivity contribution is 0.249. The van der Waals surface area contributed by atoms with Crippen LogP contribution in [0.1, 0.15) is 30.3 Å². The van der Waals surface area contributed by atoms with E-state index < -0.39 is 0 Å². The van der Waals surface area contributed by atoms with Gasteiger partial charge < -0.3 is 4.90 Å². The van der Waals surface area contributed by atoms with Crippen LogP contribution < -0.4 is 4.90 Å². The van der Waals surface area contributed by atoms with Crippen LogP contribution in [-0.2, 0) is 6.54 Å². The van der Waals surface area contributed by atoms with Crippen molar-refractivity contribution >= 4 is 16.5 Å². The number of hydrogen-bond donors (Lipinski definition) is 0. The van der Waals surface area contributed by atoms with Crippen LogP contribution in [0, 0.1) is 0 Å². The van der Waals surface area contributed by atoms with Crippen LogP contribution in [0.15, 0.2) is 24.5 Å². The maximum atomic E-state index is 4.34. The third-order valence-corrected chi connectivity index (χ3v) is 4.98. The first-order valence-electron chi connectivity index (χ1n) is 7.42. The third kappa shape index (κ3) is 3.57. The first-order chi connectivity index (χ1) is 10.2. The molecule has 0 unspecified atom stereocenters. The van der Waals surface area contributed by atoms with Crippen molar-refractivity contribution < 1.29 is 0 Å². The molecule has 1 aliphatic rings. The van der Waals surface area contributed by atoms with E-state index in [2.05, 4.69) is 44.9 Å². The van der Waals surface area contributed by atoms with Crippen LogP contribution >= 0.6 is 11.3 Å². The van der Waals surface area contributed by atoms with Gasteiger partial charge in [-0.3, -0.25) is 9.88 Å². The molecule has 1 saturated heterocycles. The van der Waals surface area contributed by atoms with Crippen molar-refractivity contribution in [3.63, 3.8) is 0 Å². The standard InChI is InChI=1S/C15H21N5S/c1-12(2)14-17-18-15(21-14)20-8-6-19(7-9-20)11-13-4-3-5-16-10-13/h3-5,10,12H,6-9,11H2,1-2H3. The van der Waals surface area contributed by atoms with Crippen LogP contribution in [0.4, 0.5) is 5.13 Å². The lowest BCUT2D eigenvalue weighted by atomic mass is 10.2. The lowest BCUT2D eigenvalue weighted by Crippen LogP contribution is -2.45. The van der Waals surface area contributed by atoms with Gasteiger partial charge in [-0.2, -0.15) is 0 Å².